The van der Waals surface area contributed by atoms with Gasteiger partial charge in [0.1, 0.15) is 5.78 Å². The van der Waals surface area contributed by atoms with E-state index in [9.17, 15) is 19.8 Å². The molecule has 0 saturated carbocycles. The van der Waals surface area contributed by atoms with E-state index in [0.29, 0.717) is 17.9 Å². The Morgan fingerprint density at radius 3 is 2.59 bits per heavy atom. The third kappa shape index (κ3) is 8.23. The molecule has 1 aromatic heterocycles. The molecule has 0 aliphatic carbocycles. The molecule has 2 fully saturated rings. The fourth-order valence-corrected chi connectivity index (χ4v) is 6.21. The predicted molar refractivity (Wildman–Crippen MR) is 156 cm³/mol. The highest BCUT2D eigenvalue weighted by Crippen LogP contribution is 2.45. The molecule has 7 atom stereocenters. The second-order valence-corrected chi connectivity index (χ2v) is 13.9. The quantitative estimate of drug-likeness (QED) is 0.317. The predicted octanol–water partition coefficient (Wildman–Crippen LogP) is 5.56. The molecule has 3 N–H and O–H groups in total. The number of hydrogen-bond acceptors (Lipinski definition) is 7. The van der Waals surface area contributed by atoms with Crippen LogP contribution in [-0.4, -0.2) is 56.8 Å². The lowest BCUT2D eigenvalue weighted by molar-refractivity contribution is -0.143. The van der Waals surface area contributed by atoms with Crippen LogP contribution in [0.15, 0.2) is 22.1 Å². The average Bonchev–Trinajstić information content (AvgIpc) is 3.29. The molecule has 2 saturated heterocycles. The van der Waals surface area contributed by atoms with Gasteiger partial charge in [-0.05, 0) is 59.0 Å². The molecule has 0 aromatic carbocycles. The zero-order valence-electron chi connectivity index (χ0n) is 24.3. The van der Waals surface area contributed by atoms with Gasteiger partial charge in [-0.15, -0.1) is 11.3 Å². The number of halogens is 1. The van der Waals surface area contributed by atoms with Crippen LogP contribution >= 0.6 is 22.9 Å². The summed E-state index contributed by atoms with van der Waals surface area (Å²) in [7, 11) is 0. The Morgan fingerprint density at radius 1 is 1.28 bits per heavy atom. The third-order valence-corrected chi connectivity index (χ3v) is 9.53. The summed E-state index contributed by atoms with van der Waals surface area (Å²) in [5.41, 5.74) is 0.213. The highest BCUT2D eigenvalue weighted by atomic mass is 35.5. The van der Waals surface area contributed by atoms with Gasteiger partial charge in [0.05, 0.1) is 52.5 Å². The molecule has 0 spiro atoms. The smallest absolute Gasteiger partial charge is 0.223 e. The van der Waals surface area contributed by atoms with Gasteiger partial charge in [-0.2, -0.15) is 0 Å². The Labute approximate surface area is 242 Å². The number of ketones is 1. The number of nitrogens with one attached hydrogen (secondary N) is 1. The molecule has 3 rings (SSSR count). The number of aliphatic hydroxyl groups is 2. The number of hydrogen-bond donors (Lipinski definition) is 3. The van der Waals surface area contributed by atoms with E-state index in [4.69, 9.17) is 16.3 Å². The van der Waals surface area contributed by atoms with Gasteiger partial charge in [-0.3, -0.25) is 9.59 Å². The summed E-state index contributed by atoms with van der Waals surface area (Å²) in [6.07, 6.45) is 4.54. The van der Waals surface area contributed by atoms with Crippen LogP contribution in [0.3, 0.4) is 0 Å². The van der Waals surface area contributed by atoms with E-state index in [0.717, 1.165) is 35.5 Å². The maximum atomic E-state index is 13.8. The van der Waals surface area contributed by atoms with Crippen LogP contribution in [0, 0.1) is 24.2 Å². The summed E-state index contributed by atoms with van der Waals surface area (Å²) < 4.78 is 6.09. The summed E-state index contributed by atoms with van der Waals surface area (Å²) in [5.74, 6) is -1.43. The fraction of sp³-hybridized carbons (Fsp3) is 0.700. The van der Waals surface area contributed by atoms with Gasteiger partial charge in [0.25, 0.3) is 0 Å². The molecule has 9 heteroatoms. The van der Waals surface area contributed by atoms with E-state index < -0.39 is 35.5 Å². The number of ether oxygens (including phenoxy) is 1. The third-order valence-electron chi connectivity index (χ3n) is 8.37. The number of aromatic nitrogens is 1. The largest absolute Gasteiger partial charge is 0.392 e. The minimum absolute atomic E-state index is 0.0800. The molecule has 7 unspecified atom stereocenters. The maximum absolute atomic E-state index is 13.8. The zero-order valence-corrected chi connectivity index (χ0v) is 25.9. The lowest BCUT2D eigenvalue weighted by Crippen LogP contribution is -2.48. The highest BCUT2D eigenvalue weighted by Gasteiger charge is 2.52. The maximum Gasteiger partial charge on any atom is 0.223 e. The molecule has 218 valence electrons. The van der Waals surface area contributed by atoms with Gasteiger partial charge < -0.3 is 20.3 Å². The van der Waals surface area contributed by atoms with Crippen molar-refractivity contribution >= 4 is 40.7 Å². The summed E-state index contributed by atoms with van der Waals surface area (Å²) in [6.45, 7) is 13.2. The second kappa shape index (κ2) is 12.9. The van der Waals surface area contributed by atoms with Gasteiger partial charge in [-0.1, -0.05) is 50.4 Å². The van der Waals surface area contributed by atoms with Crippen molar-refractivity contribution < 1.29 is 24.5 Å². The van der Waals surface area contributed by atoms with Crippen molar-refractivity contribution in [2.45, 2.75) is 117 Å². The van der Waals surface area contributed by atoms with Crippen molar-refractivity contribution in [3.63, 3.8) is 0 Å². The van der Waals surface area contributed by atoms with Gasteiger partial charge >= 0.3 is 0 Å². The molecule has 0 bridgehead atoms. The number of epoxide rings is 1. The second-order valence-electron chi connectivity index (χ2n) is 12.4. The number of amides is 1. The van der Waals surface area contributed by atoms with E-state index in [1.54, 1.807) is 19.9 Å². The Bertz CT molecular complexity index is 1090. The van der Waals surface area contributed by atoms with Crippen LogP contribution < -0.4 is 5.32 Å². The van der Waals surface area contributed by atoms with Crippen molar-refractivity contribution in [2.75, 3.05) is 0 Å². The number of nitrogens with zero attached hydrogens (tertiary/aromatic N) is 1. The molecule has 7 nitrogen and oxygen atoms in total. The van der Waals surface area contributed by atoms with Crippen LogP contribution in [0.4, 0.5) is 0 Å². The van der Waals surface area contributed by atoms with Crippen molar-refractivity contribution in [1.29, 1.82) is 0 Å². The van der Waals surface area contributed by atoms with Crippen molar-refractivity contribution in [3.05, 3.63) is 32.8 Å². The molecule has 1 amide bonds. The SMILES string of the molecule is CC(C)=CCC1C(=O)C(C)(C)C(O)CC(=O)NC(C(Cl)=Cc2csc(C)n2)CC2OC2(C)CCCC(C)C1O. The number of carbonyl (C=O) groups is 2. The molecular weight excluding hydrogens is 536 g/mol. The number of thiazole rings is 1. The number of Topliss-reactive ketones (excluding diaryl/α,β-unsaturated/α-hetero) is 1. The normalized spacial score (nSPS) is 34.7. The van der Waals surface area contributed by atoms with E-state index in [-0.39, 0.29) is 29.8 Å². The molecule has 0 radical (unpaired) electrons. The molecule has 2 aliphatic heterocycles. The average molecular weight is 581 g/mol. The van der Waals surface area contributed by atoms with Crippen molar-refractivity contribution in [3.8, 4) is 0 Å². The first-order chi connectivity index (χ1) is 18.1. The Morgan fingerprint density at radius 2 is 1.97 bits per heavy atom. The fourth-order valence-electron chi connectivity index (χ4n) is 5.38. The lowest BCUT2D eigenvalue weighted by Gasteiger charge is -2.36. The van der Waals surface area contributed by atoms with Crippen molar-refractivity contribution in [2.24, 2.45) is 17.3 Å². The van der Waals surface area contributed by atoms with Crippen LogP contribution in [0.2, 0.25) is 0 Å². The van der Waals surface area contributed by atoms with Crippen LogP contribution in [0.1, 0.15) is 90.8 Å². The number of rotatable bonds is 4. The first-order valence-corrected chi connectivity index (χ1v) is 15.2. The van der Waals surface area contributed by atoms with Crippen molar-refractivity contribution in [1.82, 2.24) is 10.3 Å². The summed E-state index contributed by atoms with van der Waals surface area (Å²) >= 11 is 8.25. The van der Waals surface area contributed by atoms with Gasteiger partial charge in [0.15, 0.2) is 0 Å². The monoisotopic (exact) mass is 580 g/mol. The number of aryl methyl sites for hydroxylation is 1. The standard InChI is InChI=1S/C30H45ClN2O5S/c1-17(2)10-11-21-27(36)18(3)9-8-12-30(7)25(38-30)14-23(22(31)13-20-16-39-19(4)32-20)33-26(35)15-24(34)29(5,6)28(21)37/h10,13,16,18,21,23-25,27,34,36H,8-9,11-12,14-15H2,1-7H3,(H,33,35). The van der Waals surface area contributed by atoms with Crippen LogP contribution in [0.5, 0.6) is 0 Å². The summed E-state index contributed by atoms with van der Waals surface area (Å²) in [5, 5.41) is 28.7. The lowest BCUT2D eigenvalue weighted by atomic mass is 9.71. The highest BCUT2D eigenvalue weighted by molar-refractivity contribution is 7.09. The summed E-state index contributed by atoms with van der Waals surface area (Å²) in [4.78, 5) is 31.4. The molecule has 1 aromatic rings. The van der Waals surface area contributed by atoms with Gasteiger partial charge in [-0.25, -0.2) is 4.98 Å². The number of allylic oxidation sites excluding steroid dienone is 2. The molecular formula is C30H45ClN2O5S. The molecule has 39 heavy (non-hydrogen) atoms. The molecule has 2 aliphatic rings. The zero-order chi connectivity index (χ0) is 29.1. The van der Waals surface area contributed by atoms with E-state index in [1.807, 2.05) is 39.2 Å². The number of aliphatic hydroxyl groups excluding tert-OH is 2. The van der Waals surface area contributed by atoms with E-state index in [1.165, 1.54) is 11.3 Å². The van der Waals surface area contributed by atoms with Gasteiger partial charge in [0, 0.05) is 22.8 Å². The Kier molecular flexibility index (Phi) is 10.6. The minimum atomic E-state index is -1.24. The number of fused-ring (bicyclic) bond motifs is 1. The Balaban J connectivity index is 1.90. The Hall–Kier alpha value is -1.58. The van der Waals surface area contributed by atoms with Gasteiger partial charge in [0.2, 0.25) is 5.91 Å². The first-order valence-electron chi connectivity index (χ1n) is 13.9. The summed E-state index contributed by atoms with van der Waals surface area (Å²) in [6, 6.07) is -0.516. The minimum Gasteiger partial charge on any atom is -0.392 e. The van der Waals surface area contributed by atoms with E-state index in [2.05, 4.69) is 17.2 Å². The van der Waals surface area contributed by atoms with Crippen LogP contribution in [-0.2, 0) is 14.3 Å². The number of carbonyl (C=O) groups excluding carboxylic acids is 2. The van der Waals surface area contributed by atoms with E-state index >= 15 is 0 Å². The topological polar surface area (TPSA) is 112 Å². The molecule has 3 heterocycles. The van der Waals surface area contributed by atoms with Crippen LogP contribution in [0.25, 0.3) is 6.08 Å². The first kappa shape index (κ1) is 31.9.